The molecule has 0 spiro atoms. The summed E-state index contributed by atoms with van der Waals surface area (Å²) in [5.41, 5.74) is 1.09. The van der Waals surface area contributed by atoms with Crippen molar-refractivity contribution in [2.45, 2.75) is 25.9 Å². The maximum absolute atomic E-state index is 13.1. The normalized spacial score (nSPS) is 13.4. The Kier molecular flexibility index (Phi) is 8.99. The number of benzene rings is 1. The Labute approximate surface area is 198 Å². The predicted molar refractivity (Wildman–Crippen MR) is 128 cm³/mol. The maximum atomic E-state index is 13.1. The van der Waals surface area contributed by atoms with Crippen LogP contribution in [0.15, 0.2) is 52.3 Å². The molecular weight excluding hydrogens is 514 g/mol. The van der Waals surface area contributed by atoms with Crippen LogP contribution in [0.25, 0.3) is 11.5 Å². The first kappa shape index (κ1) is 24.8. The summed E-state index contributed by atoms with van der Waals surface area (Å²) in [6, 6.07) is 6.02. The standard InChI is InChI=1S/C21H27FN6O2.HI/c1-4-23-20(25-14-21(2,29)16-11-26-28(3)12-16)24-10-9-18-13-30-19(27-18)15-5-7-17(22)8-6-15;/h5-8,11-13,29H,4,9-10,14H2,1-3H3,(H2,23,24,25);1H. The van der Waals surface area contributed by atoms with Crippen LogP contribution in [-0.2, 0) is 19.1 Å². The number of hydrogen-bond donors (Lipinski definition) is 3. The van der Waals surface area contributed by atoms with Crippen molar-refractivity contribution >= 4 is 29.9 Å². The highest BCUT2D eigenvalue weighted by Gasteiger charge is 2.24. The minimum Gasteiger partial charge on any atom is -0.444 e. The van der Waals surface area contributed by atoms with Gasteiger partial charge in [-0.2, -0.15) is 5.10 Å². The van der Waals surface area contributed by atoms with E-state index in [-0.39, 0.29) is 36.3 Å². The van der Waals surface area contributed by atoms with Crippen LogP contribution in [0.1, 0.15) is 25.1 Å². The SMILES string of the molecule is CCNC(=NCC(C)(O)c1cnn(C)c1)NCCc1coc(-c2ccc(F)cc2)n1.I. The highest BCUT2D eigenvalue weighted by molar-refractivity contribution is 14.0. The van der Waals surface area contributed by atoms with Gasteiger partial charge in [0.1, 0.15) is 17.7 Å². The molecule has 8 nitrogen and oxygen atoms in total. The van der Waals surface area contributed by atoms with E-state index in [0.717, 1.165) is 11.3 Å². The molecule has 2 heterocycles. The molecule has 10 heteroatoms. The lowest BCUT2D eigenvalue weighted by Gasteiger charge is -2.20. The Morgan fingerprint density at radius 2 is 2.03 bits per heavy atom. The number of nitrogens with one attached hydrogen (secondary N) is 2. The van der Waals surface area contributed by atoms with E-state index < -0.39 is 5.60 Å². The van der Waals surface area contributed by atoms with Gasteiger partial charge in [-0.15, -0.1) is 24.0 Å². The van der Waals surface area contributed by atoms with Crippen molar-refractivity contribution in [1.82, 2.24) is 25.4 Å². The molecule has 31 heavy (non-hydrogen) atoms. The molecule has 0 aliphatic heterocycles. The number of aliphatic imine (C=N–C) groups is 1. The summed E-state index contributed by atoms with van der Waals surface area (Å²) < 4.78 is 20.2. The molecular formula is C21H28FIN6O2. The van der Waals surface area contributed by atoms with Crippen molar-refractivity contribution in [3.63, 3.8) is 0 Å². The van der Waals surface area contributed by atoms with Crippen LogP contribution in [0.3, 0.4) is 0 Å². The zero-order valence-electron chi connectivity index (χ0n) is 17.8. The van der Waals surface area contributed by atoms with Crippen LogP contribution < -0.4 is 10.6 Å². The lowest BCUT2D eigenvalue weighted by molar-refractivity contribution is 0.0672. The number of guanidine groups is 1. The van der Waals surface area contributed by atoms with E-state index in [0.29, 0.717) is 36.9 Å². The average Bonchev–Trinajstić information content (AvgIpc) is 3.36. The predicted octanol–water partition coefficient (Wildman–Crippen LogP) is 2.84. The molecule has 0 amide bonds. The molecule has 3 rings (SSSR count). The lowest BCUT2D eigenvalue weighted by Crippen LogP contribution is -2.39. The summed E-state index contributed by atoms with van der Waals surface area (Å²) in [5.74, 6) is 0.759. The fourth-order valence-corrected chi connectivity index (χ4v) is 2.82. The third kappa shape index (κ3) is 7.03. The van der Waals surface area contributed by atoms with Crippen LogP contribution in [0.2, 0.25) is 0 Å². The van der Waals surface area contributed by atoms with Crippen molar-refractivity contribution < 1.29 is 13.9 Å². The van der Waals surface area contributed by atoms with Gasteiger partial charge in [0.05, 0.1) is 18.4 Å². The van der Waals surface area contributed by atoms with E-state index >= 15 is 0 Å². The van der Waals surface area contributed by atoms with Crippen molar-refractivity contribution in [1.29, 1.82) is 0 Å². The van der Waals surface area contributed by atoms with Gasteiger partial charge >= 0.3 is 0 Å². The molecule has 0 saturated heterocycles. The van der Waals surface area contributed by atoms with Gasteiger partial charge in [0, 0.05) is 43.9 Å². The first-order valence-corrected chi connectivity index (χ1v) is 9.81. The molecule has 2 aromatic heterocycles. The summed E-state index contributed by atoms with van der Waals surface area (Å²) >= 11 is 0. The Hall–Kier alpha value is -2.47. The van der Waals surface area contributed by atoms with Gasteiger partial charge in [-0.25, -0.2) is 14.4 Å². The molecule has 3 aromatic rings. The molecule has 0 radical (unpaired) electrons. The maximum Gasteiger partial charge on any atom is 0.226 e. The number of nitrogens with zero attached hydrogens (tertiary/aromatic N) is 4. The summed E-state index contributed by atoms with van der Waals surface area (Å²) in [6.45, 7) is 5.15. The summed E-state index contributed by atoms with van der Waals surface area (Å²) in [6.07, 6.45) is 5.63. The van der Waals surface area contributed by atoms with Crippen LogP contribution in [-0.4, -0.2) is 45.5 Å². The van der Waals surface area contributed by atoms with Gasteiger partial charge in [0.15, 0.2) is 5.96 Å². The van der Waals surface area contributed by atoms with Crippen molar-refractivity contribution in [2.24, 2.45) is 12.0 Å². The zero-order chi connectivity index (χ0) is 21.6. The number of halogens is 2. The summed E-state index contributed by atoms with van der Waals surface area (Å²) in [4.78, 5) is 8.93. The third-order valence-electron chi connectivity index (χ3n) is 4.53. The van der Waals surface area contributed by atoms with Crippen LogP contribution in [0.5, 0.6) is 0 Å². The first-order valence-electron chi connectivity index (χ1n) is 9.81. The van der Waals surface area contributed by atoms with E-state index in [2.05, 4.69) is 25.7 Å². The molecule has 0 fully saturated rings. The number of rotatable bonds is 8. The highest BCUT2D eigenvalue weighted by Crippen LogP contribution is 2.20. The molecule has 3 N–H and O–H groups in total. The topological polar surface area (TPSA) is 100 Å². The molecule has 1 atom stereocenters. The fraction of sp³-hybridized carbons (Fsp3) is 0.381. The van der Waals surface area contributed by atoms with Crippen LogP contribution in [0, 0.1) is 5.82 Å². The minimum absolute atomic E-state index is 0. The summed E-state index contributed by atoms with van der Waals surface area (Å²) in [7, 11) is 1.81. The van der Waals surface area contributed by atoms with Crippen LogP contribution >= 0.6 is 24.0 Å². The Bertz CT molecular complexity index is 984. The second-order valence-corrected chi connectivity index (χ2v) is 7.20. The molecule has 0 bridgehead atoms. The Morgan fingerprint density at radius 1 is 1.29 bits per heavy atom. The zero-order valence-corrected chi connectivity index (χ0v) is 20.1. The van der Waals surface area contributed by atoms with E-state index in [4.69, 9.17) is 4.42 Å². The average molecular weight is 542 g/mol. The van der Waals surface area contributed by atoms with Crippen LogP contribution in [0.4, 0.5) is 4.39 Å². The molecule has 0 aliphatic carbocycles. The van der Waals surface area contributed by atoms with E-state index in [1.54, 1.807) is 49.4 Å². The number of aromatic nitrogens is 3. The van der Waals surface area contributed by atoms with Gasteiger partial charge in [0.2, 0.25) is 5.89 Å². The third-order valence-corrected chi connectivity index (χ3v) is 4.53. The molecule has 1 aromatic carbocycles. The van der Waals surface area contributed by atoms with Crippen molar-refractivity contribution in [3.05, 3.63) is 60.0 Å². The highest BCUT2D eigenvalue weighted by atomic mass is 127. The lowest BCUT2D eigenvalue weighted by atomic mass is 10.0. The summed E-state index contributed by atoms with van der Waals surface area (Å²) in [5, 5.41) is 21.2. The minimum atomic E-state index is -1.12. The van der Waals surface area contributed by atoms with E-state index in [9.17, 15) is 9.50 Å². The molecule has 1 unspecified atom stereocenters. The van der Waals surface area contributed by atoms with Crippen molar-refractivity contribution in [3.8, 4) is 11.5 Å². The van der Waals surface area contributed by atoms with Gasteiger partial charge in [0.25, 0.3) is 0 Å². The second kappa shape index (κ2) is 11.2. The van der Waals surface area contributed by atoms with E-state index in [1.807, 2.05) is 6.92 Å². The van der Waals surface area contributed by atoms with Gasteiger partial charge in [-0.1, -0.05) is 0 Å². The van der Waals surface area contributed by atoms with E-state index in [1.165, 1.54) is 12.1 Å². The Balaban J connectivity index is 0.00000341. The fourth-order valence-electron chi connectivity index (χ4n) is 2.82. The Morgan fingerprint density at radius 3 is 2.68 bits per heavy atom. The largest absolute Gasteiger partial charge is 0.444 e. The quantitative estimate of drug-likeness (QED) is 0.230. The monoisotopic (exact) mass is 542 g/mol. The number of aliphatic hydroxyl groups is 1. The smallest absolute Gasteiger partial charge is 0.226 e. The number of oxazole rings is 1. The number of hydrogen-bond acceptors (Lipinski definition) is 5. The van der Waals surface area contributed by atoms with Gasteiger partial charge < -0.3 is 20.2 Å². The molecule has 0 aliphatic rings. The van der Waals surface area contributed by atoms with Gasteiger partial charge in [-0.05, 0) is 38.1 Å². The molecule has 168 valence electrons. The van der Waals surface area contributed by atoms with Crippen molar-refractivity contribution in [2.75, 3.05) is 19.6 Å². The second-order valence-electron chi connectivity index (χ2n) is 7.20. The number of aryl methyl sites for hydroxylation is 1. The first-order chi connectivity index (χ1) is 14.4. The van der Waals surface area contributed by atoms with Gasteiger partial charge in [-0.3, -0.25) is 4.68 Å². The molecule has 0 saturated carbocycles.